The van der Waals surface area contributed by atoms with Gasteiger partial charge in [0, 0.05) is 0 Å². The molecule has 0 fully saturated rings. The molecule has 0 spiro atoms. The summed E-state index contributed by atoms with van der Waals surface area (Å²) in [5, 5.41) is 5.74. The summed E-state index contributed by atoms with van der Waals surface area (Å²) in [6.07, 6.45) is -0.959. The fraction of sp³-hybridized carbons (Fsp3) is 1.00. The number of hydrogen-bond donors (Lipinski definition) is 5. The zero-order valence-electron chi connectivity index (χ0n) is 11.1. The van der Waals surface area contributed by atoms with E-state index in [1.54, 1.807) is 0 Å². The Hall–Kier alpha value is 2.06. The zero-order valence-corrected chi connectivity index (χ0v) is 16.9. The van der Waals surface area contributed by atoms with E-state index in [9.17, 15) is 19.1 Å². The van der Waals surface area contributed by atoms with Gasteiger partial charge in [0.15, 0.2) is 7.60 Å². The summed E-state index contributed by atoms with van der Waals surface area (Å²) in [6, 6.07) is 0. The standard InChI is InChI=1S/C4H13NO7P2.2Na.4H2O/c5-3-1-2-4(6,13(7,8)9)14(10,11)12;;;;;;/h6H,1-3,5H2,(H2,7,8,9)(H2,10,11,12);;;4*1H2/q;2*+1;;;;/p-1. The summed E-state index contributed by atoms with van der Waals surface area (Å²) < 4.78 is 21.3. The minimum atomic E-state index is -5.55. The molecule has 0 saturated heterocycles. The van der Waals surface area contributed by atoms with Crippen molar-refractivity contribution >= 4 is 15.2 Å². The van der Waals surface area contributed by atoms with Crippen molar-refractivity contribution in [3.8, 4) is 0 Å². The third kappa shape index (κ3) is 11.6. The van der Waals surface area contributed by atoms with Gasteiger partial charge in [-0.3, -0.25) is 4.57 Å². The molecule has 0 aliphatic heterocycles. The molecule has 0 saturated carbocycles. The predicted octanol–water partition coefficient (Wildman–Crippen LogP) is -11.2. The van der Waals surface area contributed by atoms with Crippen LogP contribution in [0.1, 0.15) is 12.8 Å². The van der Waals surface area contributed by atoms with Gasteiger partial charge in [0.25, 0.3) is 0 Å². The van der Waals surface area contributed by atoms with Gasteiger partial charge in [-0.15, -0.1) is 0 Å². The van der Waals surface area contributed by atoms with Crippen LogP contribution >= 0.6 is 15.2 Å². The van der Waals surface area contributed by atoms with Gasteiger partial charge in [-0.1, -0.05) is 0 Å². The van der Waals surface area contributed by atoms with Crippen LogP contribution in [0.4, 0.5) is 0 Å². The van der Waals surface area contributed by atoms with Crippen molar-refractivity contribution in [3.05, 3.63) is 0 Å². The number of nitrogens with two attached hydrogens (primary N) is 1. The fourth-order valence-corrected chi connectivity index (χ4v) is 3.00. The normalized spacial score (nSPS) is 14.9. The second kappa shape index (κ2) is 15.9. The first-order valence-electron chi connectivity index (χ1n) is 3.58. The van der Waals surface area contributed by atoms with E-state index >= 15 is 0 Å². The Morgan fingerprint density at radius 1 is 1.00 bits per heavy atom. The Morgan fingerprint density at radius 3 is 1.45 bits per heavy atom. The molecule has 0 aromatic carbocycles. The van der Waals surface area contributed by atoms with Gasteiger partial charge < -0.3 is 56.9 Å². The van der Waals surface area contributed by atoms with Crippen LogP contribution in [0, 0.1) is 0 Å². The second-order valence-electron chi connectivity index (χ2n) is 2.73. The van der Waals surface area contributed by atoms with Crippen molar-refractivity contribution in [2.24, 2.45) is 5.73 Å². The quantitative estimate of drug-likeness (QED) is 0.229. The van der Waals surface area contributed by atoms with Crippen LogP contribution in [0.15, 0.2) is 0 Å². The average molecular weight is 366 g/mol. The Kier molecular flexibility index (Phi) is 34.4. The molecule has 0 bridgehead atoms. The van der Waals surface area contributed by atoms with E-state index in [0.29, 0.717) is 0 Å². The van der Waals surface area contributed by atoms with Gasteiger partial charge in [0.2, 0.25) is 5.08 Å². The number of hydrogen-bond acceptors (Lipinski definition) is 5. The van der Waals surface area contributed by atoms with Crippen LogP contribution in [-0.4, -0.2) is 53.3 Å². The molecule has 0 aromatic heterocycles. The summed E-state index contributed by atoms with van der Waals surface area (Å²) in [5.41, 5.74) is 4.98. The first-order valence-corrected chi connectivity index (χ1v) is 6.77. The van der Waals surface area contributed by atoms with Gasteiger partial charge in [-0.2, -0.15) is 0 Å². The Balaban J connectivity index is -0.0000000563. The number of rotatable bonds is 5. The van der Waals surface area contributed by atoms with E-state index in [2.05, 4.69) is 0 Å². The van der Waals surface area contributed by atoms with Gasteiger partial charge in [-0.05, 0) is 19.4 Å². The van der Waals surface area contributed by atoms with E-state index in [4.69, 9.17) is 20.4 Å². The zero-order chi connectivity index (χ0) is 11.6. The topological polar surface area (TPSA) is 290 Å². The average Bonchev–Trinajstić information content (AvgIpc) is 1.95. The van der Waals surface area contributed by atoms with Crippen molar-refractivity contribution < 1.29 is 115 Å². The molecule has 12 nitrogen and oxygen atoms in total. The summed E-state index contributed by atoms with van der Waals surface area (Å²) >= 11 is 0. The maximum atomic E-state index is 10.7. The van der Waals surface area contributed by atoms with Crippen molar-refractivity contribution in [2.75, 3.05) is 6.54 Å². The van der Waals surface area contributed by atoms with Gasteiger partial charge in [-0.25, -0.2) is 0 Å². The minimum absolute atomic E-state index is 0. The van der Waals surface area contributed by atoms with E-state index in [-0.39, 0.29) is 94.0 Å². The molecule has 0 aliphatic rings. The van der Waals surface area contributed by atoms with Crippen LogP contribution in [-0.2, 0) is 9.13 Å². The van der Waals surface area contributed by atoms with E-state index < -0.39 is 26.7 Å². The second-order valence-corrected chi connectivity index (χ2v) is 6.69. The molecule has 2 atom stereocenters. The molecule has 0 aromatic rings. The van der Waals surface area contributed by atoms with Crippen molar-refractivity contribution in [3.63, 3.8) is 0 Å². The fourth-order valence-electron chi connectivity index (χ4n) is 0.791. The Labute approximate surface area is 159 Å². The van der Waals surface area contributed by atoms with E-state index in [0.717, 1.165) is 0 Å². The summed E-state index contributed by atoms with van der Waals surface area (Å²) in [5.74, 6) is 0. The molecule has 0 amide bonds. The third-order valence-electron chi connectivity index (χ3n) is 1.64. The van der Waals surface area contributed by atoms with Crippen LogP contribution in [0.3, 0.4) is 0 Å². The van der Waals surface area contributed by atoms with E-state index in [1.807, 2.05) is 0 Å². The first kappa shape index (κ1) is 43.1. The molecule has 14 N–H and O–H groups in total. The predicted molar refractivity (Wildman–Crippen MR) is 59.6 cm³/mol. The van der Waals surface area contributed by atoms with E-state index in [1.165, 1.54) is 0 Å². The molecule has 0 rings (SSSR count). The SMILES string of the molecule is NCCCC(O)(P(=O)([O-])O)P(=O)(O)O.O.O.O.O.[Na+].[Na+]. The maximum Gasteiger partial charge on any atom is 1.00 e. The maximum absolute atomic E-state index is 10.7. The largest absolute Gasteiger partial charge is 1.00 e. The van der Waals surface area contributed by atoms with Crippen LogP contribution in [0.2, 0.25) is 0 Å². The molecule has 16 heteroatoms. The molecule has 0 radical (unpaired) electrons. The first-order chi connectivity index (χ1) is 6.06. The molecule has 20 heavy (non-hydrogen) atoms. The monoisotopic (exact) mass is 366 g/mol. The molecular formula is C4H20NNa2O11P2+. The van der Waals surface area contributed by atoms with Crippen LogP contribution < -0.4 is 69.7 Å². The van der Waals surface area contributed by atoms with Gasteiger partial charge in [0.1, 0.15) is 0 Å². The Morgan fingerprint density at radius 2 is 1.30 bits per heavy atom. The Bertz CT molecular complexity index is 270. The third-order valence-corrected chi connectivity index (χ3v) is 5.46. The van der Waals surface area contributed by atoms with Gasteiger partial charge >= 0.3 is 66.7 Å². The van der Waals surface area contributed by atoms with Crippen LogP contribution in [0.25, 0.3) is 0 Å². The minimum Gasteiger partial charge on any atom is -0.776 e. The number of aliphatic hydroxyl groups is 1. The molecular weight excluding hydrogens is 346 g/mol. The molecule has 2 unspecified atom stereocenters. The molecule has 0 aliphatic carbocycles. The summed E-state index contributed by atoms with van der Waals surface area (Å²) in [4.78, 5) is 36.3. The molecule has 118 valence electrons. The van der Waals surface area contributed by atoms with Gasteiger partial charge in [0.05, 0.1) is 0 Å². The van der Waals surface area contributed by atoms with Crippen molar-refractivity contribution in [2.45, 2.75) is 17.9 Å². The smallest absolute Gasteiger partial charge is 0.776 e. The summed E-state index contributed by atoms with van der Waals surface area (Å²) in [7, 11) is -10.9. The van der Waals surface area contributed by atoms with Crippen LogP contribution in [0.5, 0.6) is 0 Å². The van der Waals surface area contributed by atoms with Crippen molar-refractivity contribution in [1.82, 2.24) is 0 Å². The summed E-state index contributed by atoms with van der Waals surface area (Å²) in [6.45, 7) is -0.0672. The molecule has 0 heterocycles. The van der Waals surface area contributed by atoms with Crippen molar-refractivity contribution in [1.29, 1.82) is 0 Å².